The van der Waals surface area contributed by atoms with Crippen molar-refractivity contribution in [2.45, 2.75) is 66.0 Å². The Morgan fingerprint density at radius 1 is 1.19 bits per heavy atom. The number of aromatic nitrogens is 2. The molecule has 176 valence electrons. The van der Waals surface area contributed by atoms with Crippen LogP contribution in [0.4, 0.5) is 10.3 Å². The fraction of sp³-hybridized carbons (Fsp3) is 0.625. The summed E-state index contributed by atoms with van der Waals surface area (Å²) < 4.78 is 5.98. The van der Waals surface area contributed by atoms with Gasteiger partial charge in [-0.25, -0.2) is 0 Å². The van der Waals surface area contributed by atoms with E-state index in [2.05, 4.69) is 71.6 Å². The molecule has 1 unspecified atom stereocenters. The number of nitrogens with zero attached hydrogens (tertiary/aromatic N) is 3. The molecule has 1 aliphatic heterocycles. The molecule has 3 rings (SSSR count). The molecular weight excluding hydrogens is 422 g/mol. The van der Waals surface area contributed by atoms with Crippen LogP contribution in [0.2, 0.25) is 0 Å². The molecule has 2 heterocycles. The van der Waals surface area contributed by atoms with E-state index in [1.165, 1.54) is 16.9 Å². The minimum absolute atomic E-state index is 0.00432. The number of ether oxygens (including phenoxy) is 1. The van der Waals surface area contributed by atoms with Crippen LogP contribution in [0.15, 0.2) is 24.3 Å². The maximum absolute atomic E-state index is 13.0. The second-order valence-corrected chi connectivity index (χ2v) is 9.71. The second-order valence-electron chi connectivity index (χ2n) is 8.73. The standard InChI is InChI=1S/C24H37N5O2S/c1-5-13-25-23-27-28-24(32-23)26-22(30)20(6-2)18-11-14-29(15-12-18)16-19-9-7-8-10-21(19)31-17(3)4/h7-10,17-18,20H,5-6,11-16H2,1-4H3,(H,25,27)(H,26,28,30). The molecule has 0 saturated carbocycles. The van der Waals surface area contributed by atoms with E-state index in [4.69, 9.17) is 4.74 Å². The molecule has 32 heavy (non-hydrogen) atoms. The third-order valence-corrected chi connectivity index (χ3v) is 6.68. The van der Waals surface area contributed by atoms with Gasteiger partial charge in [-0.05, 0) is 64.6 Å². The van der Waals surface area contributed by atoms with E-state index in [0.717, 1.165) is 62.7 Å². The molecule has 1 aromatic heterocycles. The minimum atomic E-state index is 0.00432. The van der Waals surface area contributed by atoms with E-state index in [9.17, 15) is 4.79 Å². The smallest absolute Gasteiger partial charge is 0.229 e. The molecule has 0 aliphatic carbocycles. The van der Waals surface area contributed by atoms with Crippen molar-refractivity contribution < 1.29 is 9.53 Å². The highest BCUT2D eigenvalue weighted by atomic mass is 32.1. The summed E-state index contributed by atoms with van der Waals surface area (Å²) >= 11 is 1.40. The number of carbonyl (C=O) groups is 1. The first-order valence-corrected chi connectivity index (χ1v) is 12.7. The van der Waals surface area contributed by atoms with E-state index in [1.54, 1.807) is 0 Å². The molecule has 2 aromatic rings. The fourth-order valence-electron chi connectivity index (χ4n) is 4.27. The molecule has 0 bridgehead atoms. The van der Waals surface area contributed by atoms with Crippen molar-refractivity contribution >= 4 is 27.5 Å². The lowest BCUT2D eigenvalue weighted by molar-refractivity contribution is -0.122. The Bertz CT molecular complexity index is 848. The fourth-order valence-corrected chi connectivity index (χ4v) is 4.94. The number of piperidine rings is 1. The molecule has 1 fully saturated rings. The van der Waals surface area contributed by atoms with Crippen LogP contribution in [0.5, 0.6) is 5.75 Å². The van der Waals surface area contributed by atoms with Gasteiger partial charge in [0.2, 0.25) is 16.2 Å². The number of anilines is 2. The lowest BCUT2D eigenvalue weighted by Crippen LogP contribution is -2.39. The predicted octanol–water partition coefficient (Wildman–Crippen LogP) is 5.02. The van der Waals surface area contributed by atoms with Gasteiger partial charge < -0.3 is 15.4 Å². The Morgan fingerprint density at radius 2 is 1.91 bits per heavy atom. The number of amides is 1. The number of carbonyl (C=O) groups excluding carboxylic acids is 1. The molecule has 0 spiro atoms. The average molecular weight is 460 g/mol. The first-order valence-electron chi connectivity index (χ1n) is 11.8. The van der Waals surface area contributed by atoms with Crippen molar-refractivity contribution in [3.8, 4) is 5.75 Å². The Morgan fingerprint density at radius 3 is 2.59 bits per heavy atom. The van der Waals surface area contributed by atoms with Crippen LogP contribution < -0.4 is 15.4 Å². The summed E-state index contributed by atoms with van der Waals surface area (Å²) in [6.45, 7) is 12.0. The summed E-state index contributed by atoms with van der Waals surface area (Å²) in [6.07, 6.45) is 4.07. The van der Waals surface area contributed by atoms with Crippen molar-refractivity contribution in [2.24, 2.45) is 11.8 Å². The highest BCUT2D eigenvalue weighted by Crippen LogP contribution is 2.31. The molecule has 1 aromatic carbocycles. The highest BCUT2D eigenvalue weighted by Gasteiger charge is 2.31. The Balaban J connectivity index is 1.52. The van der Waals surface area contributed by atoms with Crippen LogP contribution in [0.3, 0.4) is 0 Å². The largest absolute Gasteiger partial charge is 0.491 e. The van der Waals surface area contributed by atoms with E-state index in [1.807, 2.05) is 6.07 Å². The molecule has 0 radical (unpaired) electrons. The predicted molar refractivity (Wildman–Crippen MR) is 131 cm³/mol. The first kappa shape index (κ1) is 24.5. The summed E-state index contributed by atoms with van der Waals surface area (Å²) in [4.78, 5) is 15.4. The molecule has 8 heteroatoms. The Hall–Kier alpha value is -2.19. The van der Waals surface area contributed by atoms with Crippen LogP contribution in [-0.2, 0) is 11.3 Å². The van der Waals surface area contributed by atoms with Crippen molar-refractivity contribution in [2.75, 3.05) is 30.3 Å². The molecular formula is C24H37N5O2S. The van der Waals surface area contributed by atoms with Gasteiger partial charge in [0.05, 0.1) is 6.10 Å². The van der Waals surface area contributed by atoms with Gasteiger partial charge in [-0.2, -0.15) is 0 Å². The number of hydrogen-bond donors (Lipinski definition) is 2. The zero-order valence-corrected chi connectivity index (χ0v) is 20.6. The normalized spacial score (nSPS) is 16.2. The van der Waals surface area contributed by atoms with Gasteiger partial charge in [-0.1, -0.05) is 43.4 Å². The molecule has 2 N–H and O–H groups in total. The molecule has 1 atom stereocenters. The number of nitrogens with one attached hydrogen (secondary N) is 2. The summed E-state index contributed by atoms with van der Waals surface area (Å²) in [5, 5.41) is 15.8. The van der Waals surface area contributed by atoms with Crippen molar-refractivity contribution in [1.82, 2.24) is 15.1 Å². The molecule has 1 saturated heterocycles. The maximum Gasteiger partial charge on any atom is 0.229 e. The van der Waals surface area contributed by atoms with Crippen LogP contribution in [0.1, 0.15) is 58.9 Å². The summed E-state index contributed by atoms with van der Waals surface area (Å²) in [5.41, 5.74) is 1.23. The summed E-state index contributed by atoms with van der Waals surface area (Å²) in [5.74, 6) is 1.44. The number of likely N-dealkylation sites (tertiary alicyclic amines) is 1. The summed E-state index contributed by atoms with van der Waals surface area (Å²) in [6, 6.07) is 8.30. The number of hydrogen-bond acceptors (Lipinski definition) is 7. The van der Waals surface area contributed by atoms with Crippen molar-refractivity contribution in [1.29, 1.82) is 0 Å². The lowest BCUT2D eigenvalue weighted by atomic mass is 9.82. The topological polar surface area (TPSA) is 79.4 Å². The molecule has 1 aliphatic rings. The van der Waals surface area contributed by atoms with Gasteiger partial charge in [-0.3, -0.25) is 9.69 Å². The van der Waals surface area contributed by atoms with Crippen LogP contribution in [0.25, 0.3) is 0 Å². The molecule has 7 nitrogen and oxygen atoms in total. The lowest BCUT2D eigenvalue weighted by Gasteiger charge is -2.35. The van der Waals surface area contributed by atoms with E-state index in [0.29, 0.717) is 11.0 Å². The monoisotopic (exact) mass is 459 g/mol. The third-order valence-electron chi connectivity index (χ3n) is 5.89. The quantitative estimate of drug-likeness (QED) is 0.491. The van der Waals surface area contributed by atoms with Crippen molar-refractivity contribution in [3.63, 3.8) is 0 Å². The molecule has 1 amide bonds. The number of rotatable bonds is 11. The van der Waals surface area contributed by atoms with Gasteiger partial charge in [-0.15, -0.1) is 10.2 Å². The highest BCUT2D eigenvalue weighted by molar-refractivity contribution is 7.19. The maximum atomic E-state index is 13.0. The Kier molecular flexibility index (Phi) is 9.29. The van der Waals surface area contributed by atoms with Gasteiger partial charge in [0, 0.05) is 24.6 Å². The SMILES string of the molecule is CCCNc1nnc(NC(=O)C(CC)C2CCN(Cc3ccccc3OC(C)C)CC2)s1. The zero-order chi connectivity index (χ0) is 22.9. The number of para-hydroxylation sites is 1. The number of benzene rings is 1. The summed E-state index contributed by atoms with van der Waals surface area (Å²) in [7, 11) is 0. The van der Waals surface area contributed by atoms with E-state index in [-0.39, 0.29) is 17.9 Å². The first-order chi connectivity index (χ1) is 15.5. The van der Waals surface area contributed by atoms with Crippen LogP contribution in [0, 0.1) is 11.8 Å². The minimum Gasteiger partial charge on any atom is -0.491 e. The van der Waals surface area contributed by atoms with Crippen molar-refractivity contribution in [3.05, 3.63) is 29.8 Å². The van der Waals surface area contributed by atoms with E-state index < -0.39 is 0 Å². The van der Waals surface area contributed by atoms with Gasteiger partial charge in [0.1, 0.15) is 5.75 Å². The van der Waals surface area contributed by atoms with Gasteiger partial charge >= 0.3 is 0 Å². The average Bonchev–Trinajstić information content (AvgIpc) is 3.22. The van der Waals surface area contributed by atoms with Crippen LogP contribution >= 0.6 is 11.3 Å². The van der Waals surface area contributed by atoms with Gasteiger partial charge in [0.25, 0.3) is 0 Å². The van der Waals surface area contributed by atoms with Gasteiger partial charge in [0.15, 0.2) is 0 Å². The van der Waals surface area contributed by atoms with E-state index >= 15 is 0 Å². The Labute approximate surface area is 196 Å². The third kappa shape index (κ3) is 6.90. The second kappa shape index (κ2) is 12.2. The zero-order valence-electron chi connectivity index (χ0n) is 19.8. The van der Waals surface area contributed by atoms with Crippen LogP contribution in [-0.4, -0.2) is 46.7 Å².